The van der Waals surface area contributed by atoms with Crippen LogP contribution < -0.4 is 4.74 Å². The minimum atomic E-state index is -0.941. The number of rotatable bonds is 14. The molecule has 6 heteroatoms. The standard InChI is InChI=1S/C34H43NO5/c1-24-20-29(34(3,4)5)21-25(2)30(24)23-40-31-11-7-6-10-27(31)17-19-35(18-9-8-12-32(36)37)22-26-13-15-28(16-14-26)33(38)39/h6-7,10-11,13-16,20-21H,8-9,12,17-19,22-23H2,1-5H3,(H,36,37)(H,38,39). The predicted molar refractivity (Wildman–Crippen MR) is 159 cm³/mol. The van der Waals surface area contributed by atoms with Crippen LogP contribution in [0.25, 0.3) is 0 Å². The van der Waals surface area contributed by atoms with Gasteiger partial charge >= 0.3 is 11.9 Å². The number of aryl methyl sites for hydroxylation is 2. The fraction of sp³-hybridized carbons (Fsp3) is 0.412. The molecule has 0 atom stereocenters. The summed E-state index contributed by atoms with van der Waals surface area (Å²) in [5, 5.41) is 18.2. The lowest BCUT2D eigenvalue weighted by Gasteiger charge is -2.24. The fourth-order valence-electron chi connectivity index (χ4n) is 4.83. The lowest BCUT2D eigenvalue weighted by Crippen LogP contribution is -2.27. The third-order valence-corrected chi connectivity index (χ3v) is 7.33. The van der Waals surface area contributed by atoms with Crippen LogP contribution in [0.4, 0.5) is 0 Å². The van der Waals surface area contributed by atoms with E-state index in [2.05, 4.69) is 57.7 Å². The summed E-state index contributed by atoms with van der Waals surface area (Å²) in [6.07, 6.45) is 2.34. The number of unbranched alkanes of at least 4 members (excludes halogenated alkanes) is 1. The molecule has 0 radical (unpaired) electrons. The Hall–Kier alpha value is -3.64. The summed E-state index contributed by atoms with van der Waals surface area (Å²) in [7, 11) is 0. The number of carboxylic acid groups (broad SMARTS) is 2. The maximum Gasteiger partial charge on any atom is 0.335 e. The molecule has 3 aromatic rings. The second-order valence-electron chi connectivity index (χ2n) is 11.6. The molecule has 40 heavy (non-hydrogen) atoms. The van der Waals surface area contributed by atoms with Gasteiger partial charge in [0.05, 0.1) is 5.56 Å². The van der Waals surface area contributed by atoms with Gasteiger partial charge in [-0.05, 0) is 96.6 Å². The Morgan fingerprint density at radius 1 is 0.875 bits per heavy atom. The van der Waals surface area contributed by atoms with Gasteiger partial charge in [-0.2, -0.15) is 0 Å². The molecule has 214 valence electrons. The third-order valence-electron chi connectivity index (χ3n) is 7.33. The van der Waals surface area contributed by atoms with E-state index in [1.165, 1.54) is 22.3 Å². The SMILES string of the molecule is Cc1cc(C(C)(C)C)cc(C)c1COc1ccccc1CCN(CCCCC(=O)O)Cc1ccc(C(=O)O)cc1. The maximum absolute atomic E-state index is 11.2. The van der Waals surface area contributed by atoms with E-state index in [4.69, 9.17) is 9.84 Å². The van der Waals surface area contributed by atoms with Crippen LogP contribution in [-0.2, 0) is 29.8 Å². The highest BCUT2D eigenvalue weighted by molar-refractivity contribution is 5.87. The van der Waals surface area contributed by atoms with Crippen molar-refractivity contribution < 1.29 is 24.5 Å². The molecule has 0 saturated heterocycles. The normalized spacial score (nSPS) is 11.6. The minimum absolute atomic E-state index is 0.0965. The second kappa shape index (κ2) is 14.1. The van der Waals surface area contributed by atoms with Gasteiger partial charge in [-0.25, -0.2) is 4.79 Å². The first-order chi connectivity index (χ1) is 18.9. The summed E-state index contributed by atoms with van der Waals surface area (Å²) in [6.45, 7) is 13.7. The first-order valence-corrected chi connectivity index (χ1v) is 14.0. The van der Waals surface area contributed by atoms with Gasteiger partial charge in [0.15, 0.2) is 0 Å². The highest BCUT2D eigenvalue weighted by Gasteiger charge is 2.17. The Labute approximate surface area is 238 Å². The maximum atomic E-state index is 11.2. The van der Waals surface area contributed by atoms with Crippen molar-refractivity contribution in [2.75, 3.05) is 13.1 Å². The average Bonchev–Trinajstić information content (AvgIpc) is 2.89. The Balaban J connectivity index is 1.69. The molecule has 0 bridgehead atoms. The molecule has 3 aromatic carbocycles. The van der Waals surface area contributed by atoms with Crippen LogP contribution in [0.1, 0.15) is 83.8 Å². The molecule has 0 spiro atoms. The summed E-state index contributed by atoms with van der Waals surface area (Å²) in [5.74, 6) is -0.845. The van der Waals surface area contributed by atoms with Crippen LogP contribution in [0.5, 0.6) is 5.75 Å². The van der Waals surface area contributed by atoms with Gasteiger partial charge in [0.1, 0.15) is 12.4 Å². The van der Waals surface area contributed by atoms with Gasteiger partial charge in [-0.15, -0.1) is 0 Å². The smallest absolute Gasteiger partial charge is 0.335 e. The Morgan fingerprint density at radius 3 is 2.12 bits per heavy atom. The van der Waals surface area contributed by atoms with Crippen LogP contribution in [-0.4, -0.2) is 40.1 Å². The second-order valence-corrected chi connectivity index (χ2v) is 11.6. The van der Waals surface area contributed by atoms with Crippen molar-refractivity contribution >= 4 is 11.9 Å². The largest absolute Gasteiger partial charge is 0.489 e. The van der Waals surface area contributed by atoms with Gasteiger partial charge < -0.3 is 14.9 Å². The van der Waals surface area contributed by atoms with Crippen molar-refractivity contribution in [3.8, 4) is 5.75 Å². The molecule has 0 fully saturated rings. The van der Waals surface area contributed by atoms with Crippen LogP contribution in [0.3, 0.4) is 0 Å². The number of benzene rings is 3. The van der Waals surface area contributed by atoms with Gasteiger partial charge in [0.2, 0.25) is 0 Å². The van der Waals surface area contributed by atoms with Crippen molar-refractivity contribution in [1.82, 2.24) is 4.90 Å². The molecule has 0 heterocycles. The summed E-state index contributed by atoms with van der Waals surface area (Å²) >= 11 is 0. The van der Waals surface area contributed by atoms with E-state index in [0.717, 1.165) is 42.8 Å². The number of carboxylic acids is 2. The molecular formula is C34H43NO5. The van der Waals surface area contributed by atoms with Crippen molar-refractivity contribution in [3.63, 3.8) is 0 Å². The van der Waals surface area contributed by atoms with Crippen LogP contribution >= 0.6 is 0 Å². The van der Waals surface area contributed by atoms with Crippen molar-refractivity contribution in [3.05, 3.63) is 99.6 Å². The molecular weight excluding hydrogens is 502 g/mol. The molecule has 0 aliphatic heterocycles. The van der Waals surface area contributed by atoms with Crippen molar-refractivity contribution in [1.29, 1.82) is 0 Å². The number of aromatic carboxylic acids is 1. The lowest BCUT2D eigenvalue weighted by atomic mass is 9.84. The van der Waals surface area contributed by atoms with E-state index < -0.39 is 11.9 Å². The zero-order chi connectivity index (χ0) is 29.3. The Morgan fingerprint density at radius 2 is 1.52 bits per heavy atom. The van der Waals surface area contributed by atoms with E-state index in [-0.39, 0.29) is 17.4 Å². The number of ether oxygens (including phenoxy) is 1. The summed E-state index contributed by atoms with van der Waals surface area (Å²) in [5.41, 5.74) is 7.53. The summed E-state index contributed by atoms with van der Waals surface area (Å²) < 4.78 is 6.38. The topological polar surface area (TPSA) is 87.1 Å². The van der Waals surface area contributed by atoms with Gasteiger partial charge in [0.25, 0.3) is 0 Å². The zero-order valence-electron chi connectivity index (χ0n) is 24.5. The Bertz CT molecular complexity index is 1270. The molecule has 0 unspecified atom stereocenters. The van der Waals surface area contributed by atoms with Crippen LogP contribution in [0.2, 0.25) is 0 Å². The van der Waals surface area contributed by atoms with Crippen molar-refractivity contribution in [2.45, 2.75) is 78.9 Å². The zero-order valence-corrected chi connectivity index (χ0v) is 24.5. The van der Waals surface area contributed by atoms with Gasteiger partial charge in [0, 0.05) is 19.5 Å². The van der Waals surface area contributed by atoms with E-state index in [1.54, 1.807) is 12.1 Å². The van der Waals surface area contributed by atoms with Crippen LogP contribution in [0.15, 0.2) is 60.7 Å². The number of hydrogen-bond donors (Lipinski definition) is 2. The van der Waals surface area contributed by atoms with E-state index >= 15 is 0 Å². The number of hydrogen-bond acceptors (Lipinski definition) is 4. The van der Waals surface area contributed by atoms with Gasteiger partial charge in [-0.3, -0.25) is 9.69 Å². The summed E-state index contributed by atoms with van der Waals surface area (Å²) in [6, 6.07) is 19.6. The minimum Gasteiger partial charge on any atom is -0.489 e. The molecule has 0 aliphatic carbocycles. The first kappa shape index (κ1) is 30.9. The number of nitrogens with zero attached hydrogens (tertiary/aromatic N) is 1. The van der Waals surface area contributed by atoms with Crippen molar-refractivity contribution in [2.24, 2.45) is 0 Å². The predicted octanol–water partition coefficient (Wildman–Crippen LogP) is 7.18. The molecule has 2 N–H and O–H groups in total. The van der Waals surface area contributed by atoms with E-state index in [0.29, 0.717) is 19.6 Å². The molecule has 0 saturated carbocycles. The molecule has 0 aromatic heterocycles. The Kier molecular flexibility index (Phi) is 10.9. The van der Waals surface area contributed by atoms with E-state index in [1.807, 2.05) is 30.3 Å². The summed E-state index contributed by atoms with van der Waals surface area (Å²) in [4.78, 5) is 24.5. The molecule has 3 rings (SSSR count). The van der Waals surface area contributed by atoms with Gasteiger partial charge in [-0.1, -0.05) is 63.2 Å². The molecule has 0 amide bonds. The first-order valence-electron chi connectivity index (χ1n) is 14.0. The quantitative estimate of drug-likeness (QED) is 0.209. The highest BCUT2D eigenvalue weighted by atomic mass is 16.5. The fourth-order valence-corrected chi connectivity index (χ4v) is 4.83. The third kappa shape index (κ3) is 9.23. The monoisotopic (exact) mass is 545 g/mol. The number of aliphatic carboxylic acids is 1. The number of carbonyl (C=O) groups is 2. The lowest BCUT2D eigenvalue weighted by molar-refractivity contribution is -0.137. The highest BCUT2D eigenvalue weighted by Crippen LogP contribution is 2.28. The molecule has 0 aliphatic rings. The average molecular weight is 546 g/mol. The number of para-hydroxylation sites is 1. The molecule has 6 nitrogen and oxygen atoms in total. The van der Waals surface area contributed by atoms with Crippen LogP contribution in [0, 0.1) is 13.8 Å². The van der Waals surface area contributed by atoms with E-state index in [9.17, 15) is 14.7 Å².